The molecule has 0 aliphatic heterocycles. The highest BCUT2D eigenvalue weighted by Gasteiger charge is 2.43. The van der Waals surface area contributed by atoms with Gasteiger partial charge in [0.15, 0.2) is 8.32 Å². The van der Waals surface area contributed by atoms with Crippen molar-refractivity contribution in [2.45, 2.75) is 64.3 Å². The second kappa shape index (κ2) is 12.8. The number of carboxylic acid groups (broad SMARTS) is 1. The predicted octanol–water partition coefficient (Wildman–Crippen LogP) is 6.71. The Labute approximate surface area is 229 Å². The highest BCUT2D eigenvalue weighted by Crippen LogP contribution is 2.56. The molecule has 0 saturated carbocycles. The van der Waals surface area contributed by atoms with Gasteiger partial charge in [0.2, 0.25) is 0 Å². The second-order valence-electron chi connectivity index (χ2n) is 11.2. The van der Waals surface area contributed by atoms with Crippen LogP contribution in [0.4, 0.5) is 0 Å². The Hall–Kier alpha value is -2.85. The summed E-state index contributed by atoms with van der Waals surface area (Å²) in [7, 11) is -4.40. The van der Waals surface area contributed by atoms with Gasteiger partial charge in [0.05, 0.1) is 18.3 Å². The molecule has 0 aromatic heterocycles. The first kappa shape index (κ1) is 29.7. The molecule has 0 bridgehead atoms. The molecule has 1 N–H and O–H groups in total. The molecule has 6 heteroatoms. The van der Waals surface area contributed by atoms with E-state index in [9.17, 15) is 14.7 Å². The van der Waals surface area contributed by atoms with Crippen LogP contribution in [0.1, 0.15) is 40.0 Å². The van der Waals surface area contributed by atoms with Crippen molar-refractivity contribution in [1.82, 2.24) is 0 Å². The number of ketones is 1. The average Bonchev–Trinajstić information content (AvgIpc) is 2.87. The molecule has 0 heterocycles. The molecule has 0 amide bonds. The van der Waals surface area contributed by atoms with Gasteiger partial charge in [0, 0.05) is 12.8 Å². The van der Waals surface area contributed by atoms with Gasteiger partial charge in [0.25, 0.3) is 0 Å². The fraction of sp³-hybridized carbons (Fsp3) is 0.312. The Bertz CT molecular complexity index is 1120. The highest BCUT2D eigenvalue weighted by molar-refractivity contribution is 7.98. The molecule has 200 valence electrons. The normalized spacial score (nSPS) is 13.4. The third-order valence-corrected chi connectivity index (χ3v) is 15.8. The third-order valence-electron chi connectivity index (χ3n) is 7.29. The summed E-state index contributed by atoms with van der Waals surface area (Å²) in [5, 5.41) is 13.0. The number of hydrogen-bond acceptors (Lipinski definition) is 3. The zero-order valence-electron chi connectivity index (χ0n) is 23.1. The van der Waals surface area contributed by atoms with Crippen LogP contribution in [0.15, 0.2) is 103 Å². The lowest BCUT2D eigenvalue weighted by Crippen LogP contribution is -2.44. The number of carboxylic acids is 1. The Morgan fingerprint density at radius 1 is 0.816 bits per heavy atom. The van der Waals surface area contributed by atoms with Crippen LogP contribution in [0.5, 0.6) is 0 Å². The molecule has 0 aliphatic carbocycles. The van der Waals surface area contributed by atoms with Crippen LogP contribution in [0.25, 0.3) is 0 Å². The molecule has 3 aromatic carbocycles. The van der Waals surface area contributed by atoms with Crippen LogP contribution in [0.2, 0.25) is 18.1 Å². The van der Waals surface area contributed by atoms with E-state index in [0.717, 1.165) is 0 Å². The number of carbonyl (C=O) groups excluding carboxylic acids is 1. The minimum absolute atomic E-state index is 0.0153. The largest absolute Gasteiger partial charge is 0.481 e. The van der Waals surface area contributed by atoms with Gasteiger partial charge in [-0.25, -0.2) is 0 Å². The van der Waals surface area contributed by atoms with Crippen molar-refractivity contribution in [3.8, 4) is 0 Å². The van der Waals surface area contributed by atoms with Crippen LogP contribution in [0.3, 0.4) is 0 Å². The van der Waals surface area contributed by atoms with E-state index in [1.54, 1.807) is 0 Å². The summed E-state index contributed by atoms with van der Waals surface area (Å²) in [6.45, 7) is 10.5. The van der Waals surface area contributed by atoms with Crippen LogP contribution in [0, 0.1) is 0 Å². The van der Waals surface area contributed by atoms with E-state index in [1.807, 2.05) is 24.3 Å². The SMILES string of the molecule is CC(C)(C)[Si](C)(C)O[C@@H](CC(=O)O)CC(=O)CC=C[P+](c1ccccc1)(c1ccccc1)c1ccccc1. The standard InChI is InChI=1S/C32H39O4PSi/c1-32(2,3)38(4,5)36-27(25-31(34)35)24-26(33)16-15-23-37(28-17-9-6-10-18-28,29-19-11-7-12-20-29)30-21-13-8-14-22-30/h6-15,17-23,27H,16,24-25H2,1-5H3/p+1/t27-/m1/s1. The maximum atomic E-state index is 13.2. The van der Waals surface area contributed by atoms with Crippen LogP contribution in [-0.4, -0.2) is 31.3 Å². The van der Waals surface area contributed by atoms with E-state index in [2.05, 4.69) is 112 Å². The van der Waals surface area contributed by atoms with Crippen molar-refractivity contribution in [3.63, 3.8) is 0 Å². The van der Waals surface area contributed by atoms with E-state index >= 15 is 0 Å². The van der Waals surface area contributed by atoms with Crippen molar-refractivity contribution in [3.05, 3.63) is 103 Å². The summed E-state index contributed by atoms with van der Waals surface area (Å²) in [6, 6.07) is 31.4. The number of hydrogen-bond donors (Lipinski definition) is 1. The number of rotatable bonds is 12. The smallest absolute Gasteiger partial charge is 0.305 e. The molecular weight excluding hydrogens is 507 g/mol. The second-order valence-corrected chi connectivity index (χ2v) is 19.2. The molecule has 38 heavy (non-hydrogen) atoms. The molecule has 0 saturated heterocycles. The molecule has 0 spiro atoms. The highest BCUT2D eigenvalue weighted by atomic mass is 31.2. The van der Waals surface area contributed by atoms with Gasteiger partial charge in [-0.15, -0.1) is 0 Å². The third kappa shape index (κ3) is 7.38. The molecule has 0 radical (unpaired) electrons. The quantitative estimate of drug-likeness (QED) is 0.202. The average molecular weight is 548 g/mol. The van der Waals surface area contributed by atoms with Gasteiger partial charge in [-0.05, 0) is 60.6 Å². The van der Waals surface area contributed by atoms with Gasteiger partial charge in [-0.1, -0.05) is 75.4 Å². The Morgan fingerprint density at radius 2 is 1.24 bits per heavy atom. The van der Waals surface area contributed by atoms with E-state index in [4.69, 9.17) is 4.43 Å². The summed E-state index contributed by atoms with van der Waals surface area (Å²) in [4.78, 5) is 24.7. The lowest BCUT2D eigenvalue weighted by atomic mass is 10.1. The molecule has 1 atom stereocenters. The topological polar surface area (TPSA) is 63.6 Å². The van der Waals surface area contributed by atoms with Crippen molar-refractivity contribution in [1.29, 1.82) is 0 Å². The van der Waals surface area contributed by atoms with Gasteiger partial charge in [-0.2, -0.15) is 0 Å². The van der Waals surface area contributed by atoms with Crippen LogP contribution >= 0.6 is 7.26 Å². The number of carbonyl (C=O) groups is 2. The summed E-state index contributed by atoms with van der Waals surface area (Å²) >= 11 is 0. The zero-order valence-corrected chi connectivity index (χ0v) is 25.0. The molecule has 0 aliphatic rings. The number of aliphatic carboxylic acids is 1. The molecule has 3 aromatic rings. The first-order valence-electron chi connectivity index (χ1n) is 13.1. The van der Waals surface area contributed by atoms with Crippen molar-refractivity contribution >= 4 is 43.2 Å². The Balaban J connectivity index is 1.93. The fourth-order valence-corrected chi connectivity index (χ4v) is 9.43. The van der Waals surface area contributed by atoms with E-state index in [-0.39, 0.29) is 30.1 Å². The van der Waals surface area contributed by atoms with Gasteiger partial charge in [0.1, 0.15) is 29.0 Å². The molecule has 0 unspecified atom stereocenters. The van der Waals surface area contributed by atoms with Gasteiger partial charge >= 0.3 is 5.97 Å². The van der Waals surface area contributed by atoms with Crippen LogP contribution < -0.4 is 15.9 Å². The molecule has 3 rings (SSSR count). The maximum absolute atomic E-state index is 13.2. The van der Waals surface area contributed by atoms with Gasteiger partial charge in [-0.3, -0.25) is 9.59 Å². The first-order chi connectivity index (χ1) is 18.0. The Kier molecular flexibility index (Phi) is 10.0. The van der Waals surface area contributed by atoms with Gasteiger partial charge < -0.3 is 9.53 Å². The van der Waals surface area contributed by atoms with E-state index in [0.29, 0.717) is 0 Å². The maximum Gasteiger partial charge on any atom is 0.305 e. The minimum atomic E-state index is -2.22. The number of Topliss-reactive ketones (excluding diaryl/α,β-unsaturated/α-hetero) is 1. The lowest BCUT2D eigenvalue weighted by molar-refractivity contribution is -0.139. The molecular formula is C32H40O4PSi+. The predicted molar refractivity (Wildman–Crippen MR) is 163 cm³/mol. The zero-order chi connectivity index (χ0) is 27.8. The fourth-order valence-electron chi connectivity index (χ4n) is 4.32. The van der Waals surface area contributed by atoms with E-state index < -0.39 is 27.7 Å². The summed E-state index contributed by atoms with van der Waals surface area (Å²) in [6.07, 6.45) is 1.51. The van der Waals surface area contributed by atoms with Crippen molar-refractivity contribution in [2.24, 2.45) is 0 Å². The minimum Gasteiger partial charge on any atom is -0.481 e. The van der Waals surface area contributed by atoms with Crippen molar-refractivity contribution in [2.75, 3.05) is 0 Å². The Morgan fingerprint density at radius 3 is 1.61 bits per heavy atom. The van der Waals surface area contributed by atoms with Crippen LogP contribution in [-0.2, 0) is 14.0 Å². The lowest BCUT2D eigenvalue weighted by Gasteiger charge is -2.39. The van der Waals surface area contributed by atoms with Crippen molar-refractivity contribution < 1.29 is 19.1 Å². The summed E-state index contributed by atoms with van der Waals surface area (Å²) < 4.78 is 6.36. The summed E-state index contributed by atoms with van der Waals surface area (Å²) in [5.41, 5.74) is 0. The molecule has 4 nitrogen and oxygen atoms in total. The van der Waals surface area contributed by atoms with E-state index in [1.165, 1.54) is 15.9 Å². The first-order valence-corrected chi connectivity index (χ1v) is 17.9. The molecule has 0 fully saturated rings. The number of allylic oxidation sites excluding steroid dienone is 1. The monoisotopic (exact) mass is 547 g/mol. The summed E-state index contributed by atoms with van der Waals surface area (Å²) in [5.74, 6) is 1.27. The number of benzene rings is 3.